The van der Waals surface area contributed by atoms with Crippen LogP contribution in [0.5, 0.6) is 0 Å². The fraction of sp³-hybridized carbons (Fsp3) is 0.118. The standard InChI is InChI=1S/C17H13F3N4OS/c1-10-4-2-3-5-13(10)24-9-21-23-17(24)26-8-14(25)22-12-7-6-11(18)15(19)16(12)20/h2-7,9H,8H2,1H3,(H,22,25). The quantitative estimate of drug-likeness (QED) is 0.543. The average Bonchev–Trinajstić information content (AvgIpc) is 3.09. The molecule has 1 heterocycles. The normalized spacial score (nSPS) is 10.8. The predicted molar refractivity (Wildman–Crippen MR) is 91.8 cm³/mol. The molecule has 0 unspecified atom stereocenters. The van der Waals surface area contributed by atoms with Crippen LogP contribution in [0.25, 0.3) is 5.69 Å². The first-order valence-corrected chi connectivity index (χ1v) is 8.48. The highest BCUT2D eigenvalue weighted by Crippen LogP contribution is 2.23. The second kappa shape index (κ2) is 7.61. The first-order valence-electron chi connectivity index (χ1n) is 7.49. The molecule has 0 fully saturated rings. The molecule has 0 atom stereocenters. The van der Waals surface area contributed by atoms with Crippen molar-refractivity contribution in [3.8, 4) is 5.69 Å². The Kier molecular flexibility index (Phi) is 5.27. The van der Waals surface area contributed by atoms with Crippen LogP contribution in [0.2, 0.25) is 0 Å². The summed E-state index contributed by atoms with van der Waals surface area (Å²) in [4.78, 5) is 12.0. The van der Waals surface area contributed by atoms with E-state index in [1.165, 1.54) is 6.33 Å². The summed E-state index contributed by atoms with van der Waals surface area (Å²) in [5, 5.41) is 10.5. The van der Waals surface area contributed by atoms with Crippen LogP contribution in [0.1, 0.15) is 5.56 Å². The van der Waals surface area contributed by atoms with Gasteiger partial charge in [0.15, 0.2) is 22.6 Å². The molecule has 134 valence electrons. The third-order valence-corrected chi connectivity index (χ3v) is 4.48. The number of hydrogen-bond acceptors (Lipinski definition) is 4. The summed E-state index contributed by atoms with van der Waals surface area (Å²) in [6.07, 6.45) is 1.53. The van der Waals surface area contributed by atoms with Crippen LogP contribution < -0.4 is 5.32 Å². The molecule has 5 nitrogen and oxygen atoms in total. The van der Waals surface area contributed by atoms with Gasteiger partial charge in [-0.25, -0.2) is 13.2 Å². The number of carbonyl (C=O) groups is 1. The van der Waals surface area contributed by atoms with Gasteiger partial charge in [0.1, 0.15) is 6.33 Å². The molecule has 0 saturated heterocycles. The number of carbonyl (C=O) groups excluding carboxylic acids is 1. The fourth-order valence-corrected chi connectivity index (χ4v) is 2.98. The molecule has 0 aliphatic carbocycles. The Morgan fingerprint density at radius 2 is 1.92 bits per heavy atom. The number of amides is 1. The maximum absolute atomic E-state index is 13.6. The van der Waals surface area contributed by atoms with E-state index in [9.17, 15) is 18.0 Å². The molecule has 0 aliphatic rings. The zero-order valence-corrected chi connectivity index (χ0v) is 14.4. The van der Waals surface area contributed by atoms with E-state index in [0.717, 1.165) is 35.1 Å². The van der Waals surface area contributed by atoms with Crippen molar-refractivity contribution in [3.05, 3.63) is 65.7 Å². The first kappa shape index (κ1) is 18.0. The van der Waals surface area contributed by atoms with Crippen LogP contribution in [-0.4, -0.2) is 26.4 Å². The Labute approximate surface area is 151 Å². The number of rotatable bonds is 5. The minimum atomic E-state index is -1.63. The summed E-state index contributed by atoms with van der Waals surface area (Å²) in [6, 6.07) is 9.30. The lowest BCUT2D eigenvalue weighted by molar-refractivity contribution is -0.113. The summed E-state index contributed by atoms with van der Waals surface area (Å²) in [5.41, 5.74) is 1.45. The van der Waals surface area contributed by atoms with E-state index in [0.29, 0.717) is 5.16 Å². The van der Waals surface area contributed by atoms with Crippen molar-refractivity contribution in [2.24, 2.45) is 0 Å². The number of nitrogens with zero attached hydrogens (tertiary/aromatic N) is 3. The van der Waals surface area contributed by atoms with Crippen molar-refractivity contribution in [2.75, 3.05) is 11.1 Å². The van der Waals surface area contributed by atoms with E-state index in [1.807, 2.05) is 31.2 Å². The summed E-state index contributed by atoms with van der Waals surface area (Å²) in [7, 11) is 0. The van der Waals surface area contributed by atoms with Gasteiger partial charge < -0.3 is 5.32 Å². The number of para-hydroxylation sites is 1. The van der Waals surface area contributed by atoms with Crippen molar-refractivity contribution in [1.29, 1.82) is 0 Å². The van der Waals surface area contributed by atoms with Gasteiger partial charge in [0, 0.05) is 0 Å². The molecule has 26 heavy (non-hydrogen) atoms. The molecule has 0 spiro atoms. The Balaban J connectivity index is 1.69. The van der Waals surface area contributed by atoms with Crippen molar-refractivity contribution >= 4 is 23.4 Å². The Morgan fingerprint density at radius 3 is 2.69 bits per heavy atom. The topological polar surface area (TPSA) is 59.8 Å². The van der Waals surface area contributed by atoms with E-state index in [-0.39, 0.29) is 5.75 Å². The number of thioether (sulfide) groups is 1. The maximum Gasteiger partial charge on any atom is 0.234 e. The van der Waals surface area contributed by atoms with Crippen molar-refractivity contribution < 1.29 is 18.0 Å². The second-order valence-corrected chi connectivity index (χ2v) is 6.27. The van der Waals surface area contributed by atoms with Gasteiger partial charge in [-0.3, -0.25) is 9.36 Å². The third-order valence-electron chi connectivity index (χ3n) is 3.53. The smallest absolute Gasteiger partial charge is 0.234 e. The van der Waals surface area contributed by atoms with Gasteiger partial charge in [0.25, 0.3) is 0 Å². The van der Waals surface area contributed by atoms with E-state index in [1.54, 1.807) is 4.57 Å². The molecule has 3 rings (SSSR count). The first-order chi connectivity index (χ1) is 12.5. The number of anilines is 1. The molecule has 1 N–H and O–H groups in total. The number of aryl methyl sites for hydroxylation is 1. The highest BCUT2D eigenvalue weighted by Gasteiger charge is 2.16. The zero-order valence-electron chi connectivity index (χ0n) is 13.5. The van der Waals surface area contributed by atoms with Gasteiger partial charge in [0.05, 0.1) is 17.1 Å². The molecule has 0 aliphatic heterocycles. The monoisotopic (exact) mass is 378 g/mol. The molecule has 0 saturated carbocycles. The number of aromatic nitrogens is 3. The van der Waals surface area contributed by atoms with Crippen molar-refractivity contribution in [3.63, 3.8) is 0 Å². The van der Waals surface area contributed by atoms with E-state index in [2.05, 4.69) is 15.5 Å². The minimum absolute atomic E-state index is 0.108. The lowest BCUT2D eigenvalue weighted by atomic mass is 10.2. The highest BCUT2D eigenvalue weighted by atomic mass is 32.2. The Morgan fingerprint density at radius 1 is 1.15 bits per heavy atom. The van der Waals surface area contributed by atoms with E-state index in [4.69, 9.17) is 0 Å². The molecule has 0 radical (unpaired) electrons. The van der Waals surface area contributed by atoms with Crippen molar-refractivity contribution in [1.82, 2.24) is 14.8 Å². The van der Waals surface area contributed by atoms with Gasteiger partial charge >= 0.3 is 0 Å². The van der Waals surface area contributed by atoms with Crippen LogP contribution in [0.15, 0.2) is 47.9 Å². The predicted octanol–water partition coefficient (Wildman–Crippen LogP) is 3.72. The van der Waals surface area contributed by atoms with Gasteiger partial charge in [-0.2, -0.15) is 0 Å². The summed E-state index contributed by atoms with van der Waals surface area (Å²) >= 11 is 1.08. The maximum atomic E-state index is 13.6. The summed E-state index contributed by atoms with van der Waals surface area (Å²) in [6.45, 7) is 1.93. The number of halogens is 3. The number of hydrogen-bond donors (Lipinski definition) is 1. The van der Waals surface area contributed by atoms with Crippen LogP contribution in [0.3, 0.4) is 0 Å². The van der Waals surface area contributed by atoms with Gasteiger partial charge in [-0.1, -0.05) is 30.0 Å². The Bertz CT molecular complexity index is 961. The van der Waals surface area contributed by atoms with Crippen LogP contribution in [0.4, 0.5) is 18.9 Å². The second-order valence-electron chi connectivity index (χ2n) is 5.33. The average molecular weight is 378 g/mol. The summed E-state index contributed by atoms with van der Waals surface area (Å²) < 4.78 is 41.5. The molecule has 1 aromatic heterocycles. The van der Waals surface area contributed by atoms with Crippen LogP contribution >= 0.6 is 11.8 Å². The zero-order chi connectivity index (χ0) is 18.7. The molecule has 2 aromatic carbocycles. The van der Waals surface area contributed by atoms with Crippen molar-refractivity contribution in [2.45, 2.75) is 12.1 Å². The van der Waals surface area contributed by atoms with Gasteiger partial charge in [-0.15, -0.1) is 10.2 Å². The molecular weight excluding hydrogens is 365 g/mol. The largest absolute Gasteiger partial charge is 0.323 e. The van der Waals surface area contributed by atoms with E-state index >= 15 is 0 Å². The van der Waals surface area contributed by atoms with Gasteiger partial charge in [-0.05, 0) is 30.7 Å². The van der Waals surface area contributed by atoms with Gasteiger partial charge in [0.2, 0.25) is 5.91 Å². The molecular formula is C17H13F3N4OS. The number of nitrogens with one attached hydrogen (secondary N) is 1. The third kappa shape index (κ3) is 3.72. The van der Waals surface area contributed by atoms with Crippen LogP contribution in [0, 0.1) is 24.4 Å². The molecule has 3 aromatic rings. The summed E-state index contributed by atoms with van der Waals surface area (Å²) in [5.74, 6) is -5.08. The SMILES string of the molecule is Cc1ccccc1-n1cnnc1SCC(=O)Nc1ccc(F)c(F)c1F. The lowest BCUT2D eigenvalue weighted by Crippen LogP contribution is -2.16. The molecule has 9 heteroatoms. The van der Waals surface area contributed by atoms with E-state index < -0.39 is 29.0 Å². The number of benzene rings is 2. The van der Waals surface area contributed by atoms with Crippen LogP contribution in [-0.2, 0) is 4.79 Å². The Hall–Kier alpha value is -2.81. The molecule has 0 bridgehead atoms. The highest BCUT2D eigenvalue weighted by molar-refractivity contribution is 7.99. The minimum Gasteiger partial charge on any atom is -0.323 e. The lowest BCUT2D eigenvalue weighted by Gasteiger charge is -2.09. The fourth-order valence-electron chi connectivity index (χ4n) is 2.26. The molecule has 1 amide bonds.